The molecule has 100 valence electrons. The van der Waals surface area contributed by atoms with Crippen molar-refractivity contribution in [2.75, 3.05) is 19.0 Å². The molecule has 1 heterocycles. The number of hydrogen-bond donors (Lipinski definition) is 1. The number of methoxy groups -OCH3 is 1. The number of esters is 1. The molecule has 1 aromatic rings. The standard InChI is InChI=1S/C13H20N2O2S/c1-4-13(6-5-7-13)8-14-12-15-9(2)10(18-12)11(16)17-3/h4-8H2,1-3H3,(H,14,15). The SMILES string of the molecule is CCC1(CNc2nc(C)c(C(=O)OC)s2)CCC1. The second-order valence-corrected chi connectivity index (χ2v) is 5.98. The van der Waals surface area contributed by atoms with Crippen molar-refractivity contribution in [2.24, 2.45) is 5.41 Å². The van der Waals surface area contributed by atoms with Gasteiger partial charge in [0.15, 0.2) is 5.13 Å². The van der Waals surface area contributed by atoms with Crippen molar-refractivity contribution < 1.29 is 9.53 Å². The number of carbonyl (C=O) groups excluding carboxylic acids is 1. The van der Waals surface area contributed by atoms with E-state index >= 15 is 0 Å². The van der Waals surface area contributed by atoms with Crippen LogP contribution in [0.15, 0.2) is 0 Å². The number of aryl methyl sites for hydroxylation is 1. The zero-order valence-corrected chi connectivity index (χ0v) is 12.0. The van der Waals surface area contributed by atoms with Gasteiger partial charge in [-0.2, -0.15) is 0 Å². The number of carbonyl (C=O) groups is 1. The van der Waals surface area contributed by atoms with Crippen LogP contribution in [0.3, 0.4) is 0 Å². The molecule has 1 aliphatic rings. The Morgan fingerprint density at radius 3 is 2.78 bits per heavy atom. The minimum Gasteiger partial charge on any atom is -0.465 e. The maximum absolute atomic E-state index is 11.5. The molecular weight excluding hydrogens is 248 g/mol. The topological polar surface area (TPSA) is 51.2 Å². The maximum Gasteiger partial charge on any atom is 0.350 e. The quantitative estimate of drug-likeness (QED) is 0.833. The van der Waals surface area contributed by atoms with Gasteiger partial charge in [-0.1, -0.05) is 24.7 Å². The molecule has 0 aromatic carbocycles. The van der Waals surface area contributed by atoms with E-state index in [-0.39, 0.29) is 5.97 Å². The minimum atomic E-state index is -0.299. The Bertz CT molecular complexity index is 433. The number of aromatic nitrogens is 1. The lowest BCUT2D eigenvalue weighted by Crippen LogP contribution is -2.35. The first-order valence-electron chi connectivity index (χ1n) is 6.40. The number of ether oxygens (including phenoxy) is 1. The van der Waals surface area contributed by atoms with Gasteiger partial charge in [-0.25, -0.2) is 9.78 Å². The summed E-state index contributed by atoms with van der Waals surface area (Å²) >= 11 is 1.38. The van der Waals surface area contributed by atoms with Gasteiger partial charge >= 0.3 is 5.97 Å². The van der Waals surface area contributed by atoms with E-state index in [1.807, 2.05) is 6.92 Å². The highest BCUT2D eigenvalue weighted by Crippen LogP contribution is 2.43. The van der Waals surface area contributed by atoms with Crippen LogP contribution in [0.5, 0.6) is 0 Å². The summed E-state index contributed by atoms with van der Waals surface area (Å²) in [6, 6.07) is 0. The summed E-state index contributed by atoms with van der Waals surface area (Å²) in [7, 11) is 1.40. The molecule has 0 aliphatic heterocycles. The summed E-state index contributed by atoms with van der Waals surface area (Å²) in [4.78, 5) is 16.5. The van der Waals surface area contributed by atoms with Crippen LogP contribution in [-0.4, -0.2) is 24.6 Å². The molecule has 1 fully saturated rings. The number of anilines is 1. The third-order valence-electron chi connectivity index (χ3n) is 3.95. The first-order chi connectivity index (χ1) is 8.60. The Hall–Kier alpha value is -1.10. The van der Waals surface area contributed by atoms with Crippen molar-refractivity contribution in [1.82, 2.24) is 4.98 Å². The first-order valence-corrected chi connectivity index (χ1v) is 7.21. The van der Waals surface area contributed by atoms with Crippen LogP contribution in [0.4, 0.5) is 5.13 Å². The second-order valence-electron chi connectivity index (χ2n) is 4.99. The number of thiazole rings is 1. The monoisotopic (exact) mass is 268 g/mol. The van der Waals surface area contributed by atoms with E-state index in [1.54, 1.807) is 0 Å². The van der Waals surface area contributed by atoms with Crippen LogP contribution in [0.25, 0.3) is 0 Å². The molecule has 0 spiro atoms. The Labute approximate surface area is 112 Å². The molecule has 4 nitrogen and oxygen atoms in total. The van der Waals surface area contributed by atoms with Gasteiger partial charge in [-0.15, -0.1) is 0 Å². The highest BCUT2D eigenvalue weighted by Gasteiger charge is 2.35. The molecule has 1 N–H and O–H groups in total. The molecule has 1 aliphatic carbocycles. The summed E-state index contributed by atoms with van der Waals surface area (Å²) in [5.74, 6) is -0.299. The van der Waals surface area contributed by atoms with Crippen LogP contribution >= 0.6 is 11.3 Å². The van der Waals surface area contributed by atoms with Crippen LogP contribution in [-0.2, 0) is 4.74 Å². The first kappa shape index (κ1) is 13.3. The van der Waals surface area contributed by atoms with E-state index < -0.39 is 0 Å². The zero-order chi connectivity index (χ0) is 13.2. The van der Waals surface area contributed by atoms with Gasteiger partial charge in [0.25, 0.3) is 0 Å². The largest absolute Gasteiger partial charge is 0.465 e. The normalized spacial score (nSPS) is 17.1. The molecule has 0 bridgehead atoms. The minimum absolute atomic E-state index is 0.299. The highest BCUT2D eigenvalue weighted by molar-refractivity contribution is 7.17. The average Bonchev–Trinajstić information content (AvgIpc) is 2.69. The van der Waals surface area contributed by atoms with Gasteiger partial charge in [0, 0.05) is 6.54 Å². The Morgan fingerprint density at radius 2 is 2.28 bits per heavy atom. The Morgan fingerprint density at radius 1 is 1.56 bits per heavy atom. The second kappa shape index (κ2) is 5.26. The van der Waals surface area contributed by atoms with Gasteiger partial charge in [0.05, 0.1) is 12.8 Å². The van der Waals surface area contributed by atoms with Crippen molar-refractivity contribution in [1.29, 1.82) is 0 Å². The fraction of sp³-hybridized carbons (Fsp3) is 0.692. The highest BCUT2D eigenvalue weighted by atomic mass is 32.1. The lowest BCUT2D eigenvalue weighted by atomic mass is 9.67. The molecule has 0 saturated heterocycles. The third-order valence-corrected chi connectivity index (χ3v) is 5.04. The fourth-order valence-electron chi connectivity index (χ4n) is 2.35. The van der Waals surface area contributed by atoms with E-state index in [9.17, 15) is 4.79 Å². The number of hydrogen-bond acceptors (Lipinski definition) is 5. The molecule has 1 saturated carbocycles. The van der Waals surface area contributed by atoms with Gasteiger partial charge in [-0.3, -0.25) is 0 Å². The molecule has 0 atom stereocenters. The summed E-state index contributed by atoms with van der Waals surface area (Å²) in [6.45, 7) is 5.04. The average molecular weight is 268 g/mol. The maximum atomic E-state index is 11.5. The number of rotatable bonds is 5. The van der Waals surface area contributed by atoms with Gasteiger partial charge in [0.1, 0.15) is 4.88 Å². The van der Waals surface area contributed by atoms with Crippen molar-refractivity contribution in [3.05, 3.63) is 10.6 Å². The van der Waals surface area contributed by atoms with E-state index in [2.05, 4.69) is 17.2 Å². The molecule has 0 radical (unpaired) electrons. The third kappa shape index (κ3) is 2.51. The molecule has 5 heteroatoms. The molecule has 0 unspecified atom stereocenters. The van der Waals surface area contributed by atoms with E-state index in [4.69, 9.17) is 4.74 Å². The van der Waals surface area contributed by atoms with Crippen LogP contribution in [0, 0.1) is 12.3 Å². The van der Waals surface area contributed by atoms with E-state index in [0.29, 0.717) is 10.3 Å². The molecular formula is C13H20N2O2S. The smallest absolute Gasteiger partial charge is 0.350 e. The van der Waals surface area contributed by atoms with Crippen LogP contribution < -0.4 is 5.32 Å². The van der Waals surface area contributed by atoms with Crippen LogP contribution in [0.1, 0.15) is 48.0 Å². The van der Waals surface area contributed by atoms with Gasteiger partial charge in [0.2, 0.25) is 0 Å². The van der Waals surface area contributed by atoms with Crippen molar-refractivity contribution >= 4 is 22.4 Å². The summed E-state index contributed by atoms with van der Waals surface area (Å²) < 4.78 is 4.73. The van der Waals surface area contributed by atoms with Gasteiger partial charge in [-0.05, 0) is 31.6 Å². The molecule has 2 rings (SSSR count). The van der Waals surface area contributed by atoms with E-state index in [0.717, 1.165) is 17.4 Å². The molecule has 18 heavy (non-hydrogen) atoms. The lowest BCUT2D eigenvalue weighted by Gasteiger charge is -2.41. The molecule has 1 aromatic heterocycles. The predicted octanol–water partition coefficient (Wildman–Crippen LogP) is 3.23. The van der Waals surface area contributed by atoms with E-state index in [1.165, 1.54) is 44.1 Å². The number of nitrogens with one attached hydrogen (secondary N) is 1. The van der Waals surface area contributed by atoms with Crippen molar-refractivity contribution in [3.8, 4) is 0 Å². The number of nitrogens with zero attached hydrogens (tertiary/aromatic N) is 1. The fourth-order valence-corrected chi connectivity index (χ4v) is 3.23. The predicted molar refractivity (Wildman–Crippen MR) is 73.3 cm³/mol. The van der Waals surface area contributed by atoms with Crippen LogP contribution in [0.2, 0.25) is 0 Å². The zero-order valence-electron chi connectivity index (χ0n) is 11.2. The Balaban J connectivity index is 2.00. The van der Waals surface area contributed by atoms with Crippen molar-refractivity contribution in [2.45, 2.75) is 39.5 Å². The summed E-state index contributed by atoms with van der Waals surface area (Å²) in [5.41, 5.74) is 1.19. The summed E-state index contributed by atoms with van der Waals surface area (Å²) in [5, 5.41) is 4.20. The Kier molecular flexibility index (Phi) is 3.90. The van der Waals surface area contributed by atoms with Crippen molar-refractivity contribution in [3.63, 3.8) is 0 Å². The lowest BCUT2D eigenvalue weighted by molar-refractivity contribution is 0.0605. The molecule has 0 amide bonds. The van der Waals surface area contributed by atoms with Gasteiger partial charge < -0.3 is 10.1 Å². The summed E-state index contributed by atoms with van der Waals surface area (Å²) in [6.07, 6.45) is 5.13.